The van der Waals surface area contributed by atoms with Gasteiger partial charge in [0.25, 0.3) is 0 Å². The van der Waals surface area contributed by atoms with Crippen LogP contribution in [0.25, 0.3) is 0 Å². The summed E-state index contributed by atoms with van der Waals surface area (Å²) in [5.74, 6) is 0. The van der Waals surface area contributed by atoms with Gasteiger partial charge >= 0.3 is 0 Å². The van der Waals surface area contributed by atoms with Crippen LogP contribution in [0.5, 0.6) is 0 Å². The minimum atomic E-state index is 0. The van der Waals surface area contributed by atoms with E-state index in [1.807, 2.05) is 13.8 Å². The summed E-state index contributed by atoms with van der Waals surface area (Å²) in [6, 6.07) is 0. The summed E-state index contributed by atoms with van der Waals surface area (Å²) in [6.45, 7) is 12.2. The van der Waals surface area contributed by atoms with Crippen LogP contribution in [-0.2, 0) is 18.6 Å². The monoisotopic (exact) mass is 223 g/mol. The maximum Gasteiger partial charge on any atom is 0 e. The third-order valence-electron chi connectivity index (χ3n) is 1.60. The first-order valence-corrected chi connectivity index (χ1v) is 5.41. The fourth-order valence-corrected chi connectivity index (χ4v) is 0.957. The molecule has 1 N–H and O–H groups in total. The van der Waals surface area contributed by atoms with E-state index in [2.05, 4.69) is 19.2 Å². The second-order valence-corrected chi connectivity index (χ2v) is 2.62. The van der Waals surface area contributed by atoms with Crippen molar-refractivity contribution in [1.82, 2.24) is 5.32 Å². The van der Waals surface area contributed by atoms with E-state index >= 15 is 0 Å². The zero-order valence-electron chi connectivity index (χ0n) is 9.60. The predicted molar refractivity (Wildman–Crippen MR) is 58.3 cm³/mol. The van der Waals surface area contributed by atoms with Crippen LogP contribution in [0.1, 0.15) is 52.9 Å². The Hall–Kier alpha value is 0.544. The maximum atomic E-state index is 3.80. The molecule has 1 radical (unpaired) electrons. The van der Waals surface area contributed by atoms with Crippen molar-refractivity contribution >= 4 is 0 Å². The molecular weight excluding hydrogens is 197 g/mol. The van der Waals surface area contributed by atoms with Gasteiger partial charge in [-0.15, -0.1) is 0 Å². The Balaban J connectivity index is -0.000000309. The second-order valence-electron chi connectivity index (χ2n) is 2.62. The molecule has 0 atom stereocenters. The minimum Gasteiger partial charge on any atom is -0.343 e. The molecule has 1 nitrogen and oxygen atoms in total. The first kappa shape index (κ1) is 19.2. The van der Waals surface area contributed by atoms with Gasteiger partial charge in [-0.25, -0.2) is 0 Å². The van der Waals surface area contributed by atoms with E-state index in [1.165, 1.54) is 32.2 Å². The first-order valence-electron chi connectivity index (χ1n) is 5.41. The number of unbranched alkanes of at least 4 members (excludes halogenated alkanes) is 4. The number of hydrogen-bond donors (Lipinski definition) is 1. The molecule has 0 amide bonds. The Morgan fingerprint density at radius 2 is 1.54 bits per heavy atom. The molecule has 0 bridgehead atoms. The van der Waals surface area contributed by atoms with E-state index in [1.54, 1.807) is 0 Å². The van der Waals surface area contributed by atoms with E-state index in [0.717, 1.165) is 13.0 Å². The van der Waals surface area contributed by atoms with E-state index < -0.39 is 0 Å². The van der Waals surface area contributed by atoms with Crippen LogP contribution in [0.3, 0.4) is 0 Å². The second kappa shape index (κ2) is 22.9. The molecule has 0 heterocycles. The molecule has 0 aromatic carbocycles. The fraction of sp³-hybridized carbons (Fsp3) is 0.909. The van der Waals surface area contributed by atoms with Crippen LogP contribution >= 0.6 is 0 Å². The van der Waals surface area contributed by atoms with Gasteiger partial charge in [-0.3, -0.25) is 0 Å². The molecule has 0 saturated heterocycles. The van der Waals surface area contributed by atoms with Crippen molar-refractivity contribution in [2.45, 2.75) is 52.9 Å². The Bertz CT molecular complexity index is 50.1. The van der Waals surface area contributed by atoms with E-state index in [4.69, 9.17) is 0 Å². The average Bonchev–Trinajstić information content (AvgIpc) is 2.15. The Kier molecular flexibility index (Phi) is 33.8. The normalized spacial score (nSPS) is 8.31. The maximum absolute atomic E-state index is 3.80. The molecule has 81 valence electrons. The molecule has 13 heavy (non-hydrogen) atoms. The standard InChI is InChI=1S/C9H20N.C2H6.V/c1-3-5-6-7-8-9-10-4-2;1-2;/h10H,1,3-9H2,2H3;1-2H3;/q-1;;. The Morgan fingerprint density at radius 3 is 2.00 bits per heavy atom. The summed E-state index contributed by atoms with van der Waals surface area (Å²) in [6.07, 6.45) is 6.44. The molecule has 0 aliphatic heterocycles. The van der Waals surface area contributed by atoms with Gasteiger partial charge < -0.3 is 12.2 Å². The molecule has 0 aromatic heterocycles. The first-order chi connectivity index (χ1) is 5.91. The number of nitrogens with one attached hydrogen (secondary N) is 1. The largest absolute Gasteiger partial charge is 0.343 e. The van der Waals surface area contributed by atoms with Gasteiger partial charge in [-0.05, 0) is 19.5 Å². The molecule has 0 fully saturated rings. The number of rotatable bonds is 7. The van der Waals surface area contributed by atoms with Crippen LogP contribution in [-0.4, -0.2) is 13.1 Å². The smallest absolute Gasteiger partial charge is 0 e. The fourth-order valence-electron chi connectivity index (χ4n) is 0.957. The summed E-state index contributed by atoms with van der Waals surface area (Å²) in [5.41, 5.74) is 0. The molecule has 0 aromatic rings. The van der Waals surface area contributed by atoms with Gasteiger partial charge in [0.05, 0.1) is 0 Å². The summed E-state index contributed by atoms with van der Waals surface area (Å²) < 4.78 is 0. The summed E-state index contributed by atoms with van der Waals surface area (Å²) in [5, 5.41) is 3.31. The van der Waals surface area contributed by atoms with Crippen molar-refractivity contribution in [1.29, 1.82) is 0 Å². The third-order valence-corrected chi connectivity index (χ3v) is 1.60. The van der Waals surface area contributed by atoms with Gasteiger partial charge in [0.1, 0.15) is 0 Å². The quantitative estimate of drug-likeness (QED) is 0.515. The van der Waals surface area contributed by atoms with Gasteiger partial charge in [0, 0.05) is 18.6 Å². The van der Waals surface area contributed by atoms with Crippen molar-refractivity contribution < 1.29 is 18.6 Å². The molecule has 0 rings (SSSR count). The van der Waals surface area contributed by atoms with Crippen molar-refractivity contribution in [2.24, 2.45) is 0 Å². The zero-order valence-corrected chi connectivity index (χ0v) is 11.0. The molecule has 0 aliphatic rings. The summed E-state index contributed by atoms with van der Waals surface area (Å²) in [4.78, 5) is 0. The molecule has 0 unspecified atom stereocenters. The third kappa shape index (κ3) is 24.5. The van der Waals surface area contributed by atoms with Crippen molar-refractivity contribution in [3.63, 3.8) is 0 Å². The molecule has 0 saturated carbocycles. The molecule has 0 spiro atoms. The molecule has 2 heteroatoms. The summed E-state index contributed by atoms with van der Waals surface area (Å²) in [7, 11) is 0. The van der Waals surface area contributed by atoms with Crippen LogP contribution in [0, 0.1) is 6.92 Å². The molecular formula is C11H26NV-. The topological polar surface area (TPSA) is 12.0 Å². The van der Waals surface area contributed by atoms with Crippen molar-refractivity contribution in [3.05, 3.63) is 6.92 Å². The number of hydrogen-bond acceptors (Lipinski definition) is 1. The molecule has 0 aliphatic carbocycles. The average molecular weight is 223 g/mol. The van der Waals surface area contributed by atoms with Crippen LogP contribution in [0.15, 0.2) is 0 Å². The van der Waals surface area contributed by atoms with Crippen LogP contribution in [0.4, 0.5) is 0 Å². The van der Waals surface area contributed by atoms with Crippen LogP contribution in [0.2, 0.25) is 0 Å². The summed E-state index contributed by atoms with van der Waals surface area (Å²) >= 11 is 0. The SMILES string of the molecule is CC.[CH2-]CCCCCCNCC.[V]. The van der Waals surface area contributed by atoms with E-state index in [9.17, 15) is 0 Å². The zero-order chi connectivity index (χ0) is 9.66. The van der Waals surface area contributed by atoms with Crippen molar-refractivity contribution in [2.75, 3.05) is 13.1 Å². The Labute approximate surface area is 97.0 Å². The van der Waals surface area contributed by atoms with E-state index in [-0.39, 0.29) is 18.6 Å². The van der Waals surface area contributed by atoms with E-state index in [0.29, 0.717) is 0 Å². The van der Waals surface area contributed by atoms with Crippen LogP contribution < -0.4 is 5.32 Å². The predicted octanol–water partition coefficient (Wildman–Crippen LogP) is 3.40. The Morgan fingerprint density at radius 1 is 1.00 bits per heavy atom. The minimum absolute atomic E-state index is 0. The van der Waals surface area contributed by atoms with Gasteiger partial charge in [0.2, 0.25) is 0 Å². The van der Waals surface area contributed by atoms with Crippen molar-refractivity contribution in [3.8, 4) is 0 Å². The van der Waals surface area contributed by atoms with Gasteiger partial charge in [-0.1, -0.05) is 40.0 Å². The van der Waals surface area contributed by atoms with Gasteiger partial charge in [-0.2, -0.15) is 6.42 Å². The van der Waals surface area contributed by atoms with Gasteiger partial charge in [0.15, 0.2) is 0 Å².